The monoisotopic (exact) mass is 289 g/mol. The number of nitrogens with zero attached hydrogens (tertiary/aromatic N) is 1. The van der Waals surface area contributed by atoms with E-state index in [2.05, 4.69) is 18.4 Å². The molecule has 0 N–H and O–H groups in total. The average Bonchev–Trinajstić information content (AvgIpc) is 3.09. The van der Waals surface area contributed by atoms with Gasteiger partial charge >= 0.3 is 0 Å². The van der Waals surface area contributed by atoms with E-state index < -0.39 is 0 Å². The lowest BCUT2D eigenvalue weighted by Crippen LogP contribution is -2.33. The first kappa shape index (κ1) is 12.8. The lowest BCUT2D eigenvalue weighted by molar-refractivity contribution is 0.0768. The van der Waals surface area contributed by atoms with Gasteiger partial charge in [-0.25, -0.2) is 0 Å². The first-order valence-corrected chi connectivity index (χ1v) is 8.25. The second-order valence-electron chi connectivity index (χ2n) is 4.52. The van der Waals surface area contributed by atoms with Gasteiger partial charge in [0, 0.05) is 22.7 Å². The highest BCUT2D eigenvalue weighted by Gasteiger charge is 2.26. The Morgan fingerprint density at radius 2 is 2.05 bits per heavy atom. The molecular weight excluding hydrogens is 274 g/mol. The lowest BCUT2D eigenvalue weighted by Gasteiger charge is -2.20. The van der Waals surface area contributed by atoms with Gasteiger partial charge in [-0.2, -0.15) is 0 Å². The van der Waals surface area contributed by atoms with Crippen LogP contribution in [0.3, 0.4) is 0 Å². The van der Waals surface area contributed by atoms with Gasteiger partial charge in [-0.3, -0.25) is 4.79 Å². The number of hydrogen-bond donors (Lipinski definition) is 0. The van der Waals surface area contributed by atoms with Gasteiger partial charge in [0.2, 0.25) is 0 Å². The molecule has 2 aromatic rings. The minimum Gasteiger partial charge on any atom is -0.326 e. The predicted octanol–water partition coefficient (Wildman–Crippen LogP) is 3.95. The zero-order valence-electron chi connectivity index (χ0n) is 10.7. The Kier molecular flexibility index (Phi) is 3.62. The number of benzene rings is 1. The van der Waals surface area contributed by atoms with Crippen LogP contribution in [-0.2, 0) is 0 Å². The summed E-state index contributed by atoms with van der Waals surface area (Å²) in [5.41, 5.74) is 1.96. The third kappa shape index (κ3) is 2.55. The number of amides is 1. The molecule has 1 fully saturated rings. The molecule has 2 nitrogen and oxygen atoms in total. The summed E-state index contributed by atoms with van der Waals surface area (Å²) in [4.78, 5) is 15.6. The van der Waals surface area contributed by atoms with E-state index >= 15 is 0 Å². The van der Waals surface area contributed by atoms with Crippen molar-refractivity contribution in [2.45, 2.75) is 12.3 Å². The van der Waals surface area contributed by atoms with Crippen LogP contribution >= 0.6 is 23.1 Å². The zero-order chi connectivity index (χ0) is 13.2. The van der Waals surface area contributed by atoms with Gasteiger partial charge in [0.25, 0.3) is 5.91 Å². The molecule has 1 unspecified atom stereocenters. The van der Waals surface area contributed by atoms with Crippen LogP contribution in [0.5, 0.6) is 0 Å². The van der Waals surface area contributed by atoms with E-state index in [0.717, 1.165) is 17.9 Å². The Balaban J connectivity index is 1.81. The standard InChI is InChI=1S/C15H15NOS2/c1-11-16(8-10-18-11)15(17)13-6-4-12(5-7-13)14-3-2-9-19-14/h2-7,9,11H,8,10H2,1H3. The van der Waals surface area contributed by atoms with E-state index in [-0.39, 0.29) is 5.91 Å². The van der Waals surface area contributed by atoms with Gasteiger partial charge in [-0.1, -0.05) is 18.2 Å². The minimum absolute atomic E-state index is 0.148. The average molecular weight is 289 g/mol. The van der Waals surface area contributed by atoms with Crippen LogP contribution in [0.1, 0.15) is 17.3 Å². The molecule has 98 valence electrons. The molecule has 1 aliphatic heterocycles. The quantitative estimate of drug-likeness (QED) is 0.834. The number of carbonyl (C=O) groups excluding carboxylic acids is 1. The molecule has 3 rings (SSSR count). The smallest absolute Gasteiger partial charge is 0.254 e. The highest BCUT2D eigenvalue weighted by atomic mass is 32.2. The van der Waals surface area contributed by atoms with Crippen molar-refractivity contribution in [2.75, 3.05) is 12.3 Å². The molecule has 1 aromatic carbocycles. The van der Waals surface area contributed by atoms with Crippen LogP contribution in [0, 0.1) is 0 Å². The molecule has 1 amide bonds. The molecule has 1 aliphatic rings. The maximum Gasteiger partial charge on any atom is 0.254 e. The van der Waals surface area contributed by atoms with Crippen LogP contribution < -0.4 is 0 Å². The summed E-state index contributed by atoms with van der Waals surface area (Å²) in [6.07, 6.45) is 0. The van der Waals surface area contributed by atoms with E-state index in [1.807, 2.05) is 47.0 Å². The first-order valence-electron chi connectivity index (χ1n) is 6.32. The Labute approximate surface area is 121 Å². The second kappa shape index (κ2) is 5.39. The first-order chi connectivity index (χ1) is 9.25. The van der Waals surface area contributed by atoms with E-state index in [1.165, 1.54) is 10.4 Å². The number of rotatable bonds is 2. The molecule has 4 heteroatoms. The lowest BCUT2D eigenvalue weighted by atomic mass is 10.1. The Morgan fingerprint density at radius 3 is 2.63 bits per heavy atom. The van der Waals surface area contributed by atoms with Gasteiger partial charge in [0.1, 0.15) is 0 Å². The second-order valence-corrected chi connectivity index (χ2v) is 6.89. The van der Waals surface area contributed by atoms with Crippen molar-refractivity contribution in [3.63, 3.8) is 0 Å². The van der Waals surface area contributed by atoms with Gasteiger partial charge in [-0.05, 0) is 36.1 Å². The van der Waals surface area contributed by atoms with Crippen molar-refractivity contribution < 1.29 is 4.79 Å². The summed E-state index contributed by atoms with van der Waals surface area (Å²) < 4.78 is 0. The largest absolute Gasteiger partial charge is 0.326 e. The Bertz CT molecular complexity index is 562. The fourth-order valence-electron chi connectivity index (χ4n) is 2.25. The fourth-order valence-corrected chi connectivity index (χ4v) is 4.00. The number of thioether (sulfide) groups is 1. The van der Waals surface area contributed by atoms with E-state index in [0.29, 0.717) is 5.37 Å². The fraction of sp³-hybridized carbons (Fsp3) is 0.267. The zero-order valence-corrected chi connectivity index (χ0v) is 12.3. The van der Waals surface area contributed by atoms with Crippen LogP contribution in [-0.4, -0.2) is 28.5 Å². The van der Waals surface area contributed by atoms with Crippen molar-refractivity contribution in [3.8, 4) is 10.4 Å². The van der Waals surface area contributed by atoms with Crippen molar-refractivity contribution in [1.82, 2.24) is 4.90 Å². The van der Waals surface area contributed by atoms with Gasteiger partial charge in [0.15, 0.2) is 0 Å². The van der Waals surface area contributed by atoms with Crippen LogP contribution in [0.15, 0.2) is 41.8 Å². The third-order valence-corrected chi connectivity index (χ3v) is 5.40. The van der Waals surface area contributed by atoms with Crippen LogP contribution in [0.2, 0.25) is 0 Å². The van der Waals surface area contributed by atoms with E-state index in [9.17, 15) is 4.79 Å². The van der Waals surface area contributed by atoms with E-state index in [4.69, 9.17) is 0 Å². The summed E-state index contributed by atoms with van der Waals surface area (Å²) >= 11 is 3.55. The Morgan fingerprint density at radius 1 is 1.26 bits per heavy atom. The van der Waals surface area contributed by atoms with Crippen molar-refractivity contribution >= 4 is 29.0 Å². The maximum absolute atomic E-state index is 12.4. The topological polar surface area (TPSA) is 20.3 Å². The van der Waals surface area contributed by atoms with Crippen molar-refractivity contribution in [3.05, 3.63) is 47.3 Å². The summed E-state index contributed by atoms with van der Waals surface area (Å²) in [5.74, 6) is 1.19. The van der Waals surface area contributed by atoms with Crippen LogP contribution in [0.25, 0.3) is 10.4 Å². The van der Waals surface area contributed by atoms with Gasteiger partial charge in [-0.15, -0.1) is 23.1 Å². The SMILES string of the molecule is CC1SCCN1C(=O)c1ccc(-c2cccs2)cc1. The molecule has 1 aromatic heterocycles. The molecule has 0 aliphatic carbocycles. The van der Waals surface area contributed by atoms with Crippen molar-refractivity contribution in [1.29, 1.82) is 0 Å². The third-order valence-electron chi connectivity index (χ3n) is 3.33. The summed E-state index contributed by atoms with van der Waals surface area (Å²) in [7, 11) is 0. The maximum atomic E-state index is 12.4. The molecule has 0 bridgehead atoms. The highest BCUT2D eigenvalue weighted by Crippen LogP contribution is 2.27. The van der Waals surface area contributed by atoms with Gasteiger partial charge < -0.3 is 4.90 Å². The molecule has 0 spiro atoms. The molecule has 2 heterocycles. The molecular formula is C15H15NOS2. The molecule has 1 atom stereocenters. The number of hydrogen-bond acceptors (Lipinski definition) is 3. The molecule has 0 radical (unpaired) electrons. The van der Waals surface area contributed by atoms with Gasteiger partial charge in [0.05, 0.1) is 5.37 Å². The van der Waals surface area contributed by atoms with E-state index in [1.54, 1.807) is 11.3 Å². The summed E-state index contributed by atoms with van der Waals surface area (Å²) in [6, 6.07) is 12.1. The molecule has 19 heavy (non-hydrogen) atoms. The van der Waals surface area contributed by atoms with Crippen molar-refractivity contribution in [2.24, 2.45) is 0 Å². The van der Waals surface area contributed by atoms with Crippen LogP contribution in [0.4, 0.5) is 0 Å². The molecule has 1 saturated heterocycles. The summed E-state index contributed by atoms with van der Waals surface area (Å²) in [6.45, 7) is 2.95. The molecule has 0 saturated carbocycles. The normalized spacial score (nSPS) is 18.8. The number of thiophene rings is 1. The minimum atomic E-state index is 0.148. The highest BCUT2D eigenvalue weighted by molar-refractivity contribution is 8.00. The summed E-state index contributed by atoms with van der Waals surface area (Å²) in [5, 5.41) is 2.36. The number of carbonyl (C=O) groups is 1. The Hall–Kier alpha value is -1.26. The predicted molar refractivity (Wildman–Crippen MR) is 82.7 cm³/mol.